The molecule has 0 saturated carbocycles. The number of carbonyl (C=O) groups excluding carboxylic acids is 2. The number of carbonyl (C=O) groups is 2. The molecule has 7 heteroatoms. The Balaban J connectivity index is 0.000000288. The molecule has 1 heterocycles. The third kappa shape index (κ3) is 4.67. The topological polar surface area (TPSA) is 127 Å². The fourth-order valence-electron chi connectivity index (χ4n) is 0.808. The molecule has 0 aromatic carbocycles. The van der Waals surface area contributed by atoms with E-state index in [4.69, 9.17) is 20.4 Å². The Morgan fingerprint density at radius 1 is 0.875 bits per heavy atom. The molecular weight excluding hydrogens is 218 g/mol. The molecule has 0 unspecified atom stereocenters. The summed E-state index contributed by atoms with van der Waals surface area (Å²) in [5, 5.41) is 36.1. The Hall–Kier alpha value is -1.02. The van der Waals surface area contributed by atoms with E-state index in [2.05, 4.69) is 5.32 Å². The zero-order chi connectivity index (χ0) is 12.6. The monoisotopic (exact) mass is 235 g/mol. The van der Waals surface area contributed by atoms with Gasteiger partial charge >= 0.3 is 0 Å². The molecule has 1 aliphatic heterocycles. The second kappa shape index (κ2) is 7.29. The summed E-state index contributed by atoms with van der Waals surface area (Å²) in [6.45, 7) is -1.62. The average Bonchev–Trinajstić information content (AvgIpc) is 2.67. The molecule has 0 aliphatic carbocycles. The molecule has 0 aromatic rings. The van der Waals surface area contributed by atoms with Crippen LogP contribution in [-0.4, -0.2) is 58.7 Å². The van der Waals surface area contributed by atoms with Crippen molar-refractivity contribution in [2.75, 3.05) is 26.4 Å². The van der Waals surface area contributed by atoms with Gasteiger partial charge in [0.2, 0.25) is 11.8 Å². The lowest BCUT2D eigenvalue weighted by molar-refractivity contribution is -0.124. The highest BCUT2D eigenvalue weighted by atomic mass is 16.3. The molecule has 1 fully saturated rings. The lowest BCUT2D eigenvalue weighted by Gasteiger charge is -2.23. The van der Waals surface area contributed by atoms with Crippen LogP contribution in [0.3, 0.4) is 0 Å². The number of amides is 2. The van der Waals surface area contributed by atoms with Crippen molar-refractivity contribution in [3.8, 4) is 0 Å². The lowest BCUT2D eigenvalue weighted by atomic mass is 9.93. The van der Waals surface area contributed by atoms with Crippen LogP contribution in [0.25, 0.3) is 0 Å². The van der Waals surface area contributed by atoms with E-state index in [0.717, 1.165) is 0 Å². The zero-order valence-corrected chi connectivity index (χ0v) is 8.85. The SMILES string of the molecule is O=C1CCC(=O)N1.OCC(CO)(CO)CO. The summed E-state index contributed by atoms with van der Waals surface area (Å²) >= 11 is 0. The summed E-state index contributed by atoms with van der Waals surface area (Å²) < 4.78 is 0. The fraction of sp³-hybridized carbons (Fsp3) is 0.778. The second-order valence-corrected chi connectivity index (χ2v) is 3.60. The van der Waals surface area contributed by atoms with Crippen molar-refractivity contribution >= 4 is 11.8 Å². The van der Waals surface area contributed by atoms with Crippen LogP contribution in [-0.2, 0) is 9.59 Å². The van der Waals surface area contributed by atoms with Gasteiger partial charge in [0, 0.05) is 12.8 Å². The van der Waals surface area contributed by atoms with Crippen LogP contribution in [0.5, 0.6) is 0 Å². The van der Waals surface area contributed by atoms with Crippen molar-refractivity contribution in [3.05, 3.63) is 0 Å². The highest BCUT2D eigenvalue weighted by molar-refractivity contribution is 6.01. The Labute approximate surface area is 92.7 Å². The minimum absolute atomic E-state index is 0.148. The van der Waals surface area contributed by atoms with Crippen molar-refractivity contribution < 1.29 is 30.0 Å². The Kier molecular flexibility index (Phi) is 6.82. The Morgan fingerprint density at radius 3 is 1.25 bits per heavy atom. The third-order valence-corrected chi connectivity index (χ3v) is 2.20. The van der Waals surface area contributed by atoms with Gasteiger partial charge in [0.25, 0.3) is 0 Å². The quantitative estimate of drug-likeness (QED) is 0.339. The van der Waals surface area contributed by atoms with Gasteiger partial charge in [-0.05, 0) is 0 Å². The van der Waals surface area contributed by atoms with E-state index in [9.17, 15) is 9.59 Å². The maximum absolute atomic E-state index is 10.1. The van der Waals surface area contributed by atoms with Crippen molar-refractivity contribution in [1.29, 1.82) is 0 Å². The standard InChI is InChI=1S/C5H12O4.C4H5NO2/c6-1-5(2-7,3-8)4-9;6-3-1-2-4(7)5-3/h6-9H,1-4H2;1-2H2,(H,5,6,7). The highest BCUT2D eigenvalue weighted by Gasteiger charge is 2.26. The molecule has 0 atom stereocenters. The van der Waals surface area contributed by atoms with Gasteiger partial charge < -0.3 is 20.4 Å². The van der Waals surface area contributed by atoms with Crippen molar-refractivity contribution in [3.63, 3.8) is 0 Å². The molecule has 0 spiro atoms. The van der Waals surface area contributed by atoms with Gasteiger partial charge in [-0.2, -0.15) is 0 Å². The first-order valence-corrected chi connectivity index (χ1v) is 4.79. The summed E-state index contributed by atoms with van der Waals surface area (Å²) in [6.07, 6.45) is 0.748. The molecule has 5 N–H and O–H groups in total. The molecule has 16 heavy (non-hydrogen) atoms. The number of hydrogen-bond donors (Lipinski definition) is 5. The van der Waals surface area contributed by atoms with Crippen LogP contribution in [0.15, 0.2) is 0 Å². The Morgan fingerprint density at radius 2 is 1.19 bits per heavy atom. The van der Waals surface area contributed by atoms with E-state index in [1.165, 1.54) is 0 Å². The number of imide groups is 1. The number of nitrogens with one attached hydrogen (secondary N) is 1. The number of hydrogen-bond acceptors (Lipinski definition) is 6. The molecule has 94 valence electrons. The summed E-state index contributed by atoms with van der Waals surface area (Å²) in [7, 11) is 0. The maximum Gasteiger partial charge on any atom is 0.227 e. The first kappa shape index (κ1) is 15.0. The first-order valence-electron chi connectivity index (χ1n) is 4.79. The predicted molar refractivity (Wildman–Crippen MR) is 53.2 cm³/mol. The molecule has 0 bridgehead atoms. The average molecular weight is 235 g/mol. The van der Waals surface area contributed by atoms with Gasteiger partial charge in [-0.1, -0.05) is 0 Å². The lowest BCUT2D eigenvalue weighted by Crippen LogP contribution is -2.37. The van der Waals surface area contributed by atoms with Crippen LogP contribution in [0, 0.1) is 5.41 Å². The maximum atomic E-state index is 10.1. The van der Waals surface area contributed by atoms with Crippen molar-refractivity contribution in [2.45, 2.75) is 12.8 Å². The summed E-state index contributed by atoms with van der Waals surface area (Å²) in [6, 6.07) is 0. The molecule has 1 aliphatic rings. The van der Waals surface area contributed by atoms with Crippen LogP contribution in [0.2, 0.25) is 0 Å². The normalized spacial score (nSPS) is 15.5. The molecule has 0 aromatic heterocycles. The fourth-order valence-corrected chi connectivity index (χ4v) is 0.808. The van der Waals surface area contributed by atoms with E-state index >= 15 is 0 Å². The van der Waals surface area contributed by atoms with E-state index in [1.54, 1.807) is 0 Å². The van der Waals surface area contributed by atoms with Gasteiger partial charge in [0.05, 0.1) is 31.8 Å². The van der Waals surface area contributed by atoms with E-state index in [-0.39, 0.29) is 11.8 Å². The minimum Gasteiger partial charge on any atom is -0.396 e. The highest BCUT2D eigenvalue weighted by Crippen LogP contribution is 2.11. The van der Waals surface area contributed by atoms with Crippen molar-refractivity contribution in [2.24, 2.45) is 5.41 Å². The van der Waals surface area contributed by atoms with Crippen LogP contribution in [0.1, 0.15) is 12.8 Å². The summed E-state index contributed by atoms with van der Waals surface area (Å²) in [4.78, 5) is 20.2. The van der Waals surface area contributed by atoms with Crippen LogP contribution >= 0.6 is 0 Å². The second-order valence-electron chi connectivity index (χ2n) is 3.60. The number of rotatable bonds is 4. The molecular formula is C9H17NO6. The van der Waals surface area contributed by atoms with Crippen molar-refractivity contribution in [1.82, 2.24) is 5.32 Å². The van der Waals surface area contributed by atoms with Gasteiger partial charge in [-0.15, -0.1) is 0 Å². The molecule has 2 amide bonds. The molecule has 7 nitrogen and oxygen atoms in total. The summed E-state index contributed by atoms with van der Waals surface area (Å²) in [5.74, 6) is -0.296. The Bertz CT molecular complexity index is 207. The number of aliphatic hydroxyl groups excluding tert-OH is 4. The number of aliphatic hydroxyl groups is 4. The smallest absolute Gasteiger partial charge is 0.227 e. The zero-order valence-electron chi connectivity index (χ0n) is 8.85. The minimum atomic E-state index is -1.11. The first-order chi connectivity index (χ1) is 7.53. The van der Waals surface area contributed by atoms with Gasteiger partial charge in [-0.25, -0.2) is 0 Å². The van der Waals surface area contributed by atoms with E-state index in [1.807, 2.05) is 0 Å². The summed E-state index contributed by atoms with van der Waals surface area (Å²) in [5.41, 5.74) is -1.11. The van der Waals surface area contributed by atoms with E-state index < -0.39 is 31.8 Å². The van der Waals surface area contributed by atoms with Gasteiger partial charge in [0.1, 0.15) is 0 Å². The largest absolute Gasteiger partial charge is 0.396 e. The molecule has 1 rings (SSSR count). The molecule has 1 saturated heterocycles. The molecule has 0 radical (unpaired) electrons. The third-order valence-electron chi connectivity index (χ3n) is 2.20. The van der Waals surface area contributed by atoms with Gasteiger partial charge in [0.15, 0.2) is 0 Å². The van der Waals surface area contributed by atoms with Crippen LogP contribution in [0.4, 0.5) is 0 Å². The van der Waals surface area contributed by atoms with Crippen LogP contribution < -0.4 is 5.32 Å². The van der Waals surface area contributed by atoms with E-state index in [0.29, 0.717) is 12.8 Å². The predicted octanol–water partition coefficient (Wildman–Crippen LogP) is -2.63. The van der Waals surface area contributed by atoms with Gasteiger partial charge in [-0.3, -0.25) is 14.9 Å².